The van der Waals surface area contributed by atoms with E-state index < -0.39 is 12.1 Å². The SMILES string of the molecule is CC(=NCCc1ccc(F)cc1)Nc1ccc2c(c1)[C@@H](NC(=O)c1ccc(Br)cc1)[C@H](O)C2. The summed E-state index contributed by atoms with van der Waals surface area (Å²) in [7, 11) is 0. The van der Waals surface area contributed by atoms with Gasteiger partial charge in [0.05, 0.1) is 18.0 Å². The van der Waals surface area contributed by atoms with Gasteiger partial charge in [0.1, 0.15) is 5.82 Å². The third-order valence-corrected chi connectivity index (χ3v) is 6.20. The minimum atomic E-state index is -0.680. The monoisotopic (exact) mass is 509 g/mol. The molecule has 3 N–H and O–H groups in total. The second-order valence-electron chi connectivity index (χ2n) is 8.11. The summed E-state index contributed by atoms with van der Waals surface area (Å²) in [6.45, 7) is 2.47. The van der Waals surface area contributed by atoms with Crippen LogP contribution in [-0.4, -0.2) is 29.5 Å². The Labute approximate surface area is 200 Å². The molecular weight excluding hydrogens is 485 g/mol. The maximum absolute atomic E-state index is 13.0. The van der Waals surface area contributed by atoms with Crippen LogP contribution in [0.2, 0.25) is 0 Å². The van der Waals surface area contributed by atoms with Crippen LogP contribution in [0.1, 0.15) is 40.0 Å². The van der Waals surface area contributed by atoms with E-state index in [0.717, 1.165) is 39.1 Å². The quantitative estimate of drug-likeness (QED) is 0.321. The fourth-order valence-corrected chi connectivity index (χ4v) is 4.21. The summed E-state index contributed by atoms with van der Waals surface area (Å²) in [6.07, 6.45) is 0.533. The molecule has 0 unspecified atom stereocenters. The fourth-order valence-electron chi connectivity index (χ4n) is 3.95. The number of aliphatic hydroxyl groups excluding tert-OH is 1. The van der Waals surface area contributed by atoms with Gasteiger partial charge < -0.3 is 15.7 Å². The van der Waals surface area contributed by atoms with Gasteiger partial charge in [0.15, 0.2) is 0 Å². The normalized spacial score (nSPS) is 17.5. The number of amidine groups is 1. The van der Waals surface area contributed by atoms with Gasteiger partial charge in [-0.2, -0.15) is 0 Å². The fraction of sp³-hybridized carbons (Fsp3) is 0.231. The molecule has 33 heavy (non-hydrogen) atoms. The molecule has 0 saturated carbocycles. The number of anilines is 1. The lowest BCUT2D eigenvalue weighted by Crippen LogP contribution is -2.33. The Morgan fingerprint density at radius 1 is 1.12 bits per heavy atom. The lowest BCUT2D eigenvalue weighted by atomic mass is 10.1. The number of hydrogen-bond acceptors (Lipinski definition) is 3. The first-order valence-electron chi connectivity index (χ1n) is 10.8. The van der Waals surface area contributed by atoms with Crippen LogP contribution in [0.15, 0.2) is 76.2 Å². The Morgan fingerprint density at radius 3 is 2.58 bits per heavy atom. The highest BCUT2D eigenvalue weighted by molar-refractivity contribution is 9.10. The van der Waals surface area contributed by atoms with Crippen molar-refractivity contribution in [1.29, 1.82) is 0 Å². The number of nitrogens with zero attached hydrogens (tertiary/aromatic N) is 1. The first kappa shape index (κ1) is 23.1. The average molecular weight is 510 g/mol. The molecular formula is C26H25BrFN3O2. The molecule has 0 heterocycles. The van der Waals surface area contributed by atoms with Crippen LogP contribution < -0.4 is 10.6 Å². The Hall–Kier alpha value is -3.03. The van der Waals surface area contributed by atoms with E-state index in [2.05, 4.69) is 31.6 Å². The van der Waals surface area contributed by atoms with Crippen LogP contribution in [0.25, 0.3) is 0 Å². The van der Waals surface area contributed by atoms with E-state index in [0.29, 0.717) is 18.5 Å². The molecule has 1 aliphatic rings. The summed E-state index contributed by atoms with van der Waals surface area (Å²) in [5, 5.41) is 16.8. The van der Waals surface area contributed by atoms with Crippen molar-refractivity contribution in [3.8, 4) is 0 Å². The predicted molar refractivity (Wildman–Crippen MR) is 132 cm³/mol. The smallest absolute Gasteiger partial charge is 0.251 e. The van der Waals surface area contributed by atoms with Gasteiger partial charge in [-0.3, -0.25) is 9.79 Å². The molecule has 4 rings (SSSR count). The number of rotatable bonds is 6. The first-order valence-corrected chi connectivity index (χ1v) is 11.6. The molecule has 0 saturated heterocycles. The maximum Gasteiger partial charge on any atom is 0.251 e. The molecule has 1 amide bonds. The highest BCUT2D eigenvalue weighted by Crippen LogP contribution is 2.34. The van der Waals surface area contributed by atoms with Crippen molar-refractivity contribution in [2.75, 3.05) is 11.9 Å². The standard InChI is InChI=1S/C26H25BrFN3O2/c1-16(29-13-12-17-2-9-21(28)10-3-17)30-22-11-6-19-14-24(32)25(23(19)15-22)31-26(33)18-4-7-20(27)8-5-18/h2-11,15,24-25,32H,12-14H2,1H3,(H,29,30)(H,31,33)/t24-,25-/m1/s1. The minimum Gasteiger partial charge on any atom is -0.390 e. The number of carbonyl (C=O) groups is 1. The summed E-state index contributed by atoms with van der Waals surface area (Å²) in [5.41, 5.74) is 4.33. The maximum atomic E-state index is 13.0. The highest BCUT2D eigenvalue weighted by atomic mass is 79.9. The Balaban J connectivity index is 1.41. The van der Waals surface area contributed by atoms with Gasteiger partial charge >= 0.3 is 0 Å². The van der Waals surface area contributed by atoms with Crippen molar-refractivity contribution in [2.45, 2.75) is 31.9 Å². The van der Waals surface area contributed by atoms with E-state index in [1.807, 2.05) is 37.3 Å². The topological polar surface area (TPSA) is 73.7 Å². The van der Waals surface area contributed by atoms with Crippen molar-refractivity contribution in [1.82, 2.24) is 5.32 Å². The summed E-state index contributed by atoms with van der Waals surface area (Å²) < 4.78 is 13.9. The molecule has 0 aliphatic heterocycles. The zero-order valence-corrected chi connectivity index (χ0v) is 19.8. The van der Waals surface area contributed by atoms with Crippen molar-refractivity contribution in [2.24, 2.45) is 4.99 Å². The van der Waals surface area contributed by atoms with Gasteiger partial charge in [-0.1, -0.05) is 34.1 Å². The molecule has 0 fully saturated rings. The average Bonchev–Trinajstić information content (AvgIpc) is 3.10. The summed E-state index contributed by atoms with van der Waals surface area (Å²) >= 11 is 3.37. The van der Waals surface area contributed by atoms with Crippen LogP contribution in [0.4, 0.5) is 10.1 Å². The van der Waals surface area contributed by atoms with Gasteiger partial charge in [0, 0.05) is 28.7 Å². The summed E-state index contributed by atoms with van der Waals surface area (Å²) in [6, 6.07) is 18.9. The molecule has 0 aromatic heterocycles. The van der Waals surface area contributed by atoms with Crippen molar-refractivity contribution < 1.29 is 14.3 Å². The molecule has 0 bridgehead atoms. The van der Waals surface area contributed by atoms with E-state index in [4.69, 9.17) is 0 Å². The summed E-state index contributed by atoms with van der Waals surface area (Å²) in [5.74, 6) is 0.288. The second-order valence-corrected chi connectivity index (χ2v) is 9.03. The minimum absolute atomic E-state index is 0.226. The number of benzene rings is 3. The van der Waals surface area contributed by atoms with E-state index in [-0.39, 0.29) is 11.7 Å². The number of fused-ring (bicyclic) bond motifs is 1. The molecule has 5 nitrogen and oxygen atoms in total. The zero-order valence-electron chi connectivity index (χ0n) is 18.2. The van der Waals surface area contributed by atoms with Crippen LogP contribution in [0.5, 0.6) is 0 Å². The molecule has 0 spiro atoms. The first-order chi connectivity index (χ1) is 15.9. The van der Waals surface area contributed by atoms with Crippen LogP contribution in [-0.2, 0) is 12.8 Å². The lowest BCUT2D eigenvalue weighted by Gasteiger charge is -2.19. The van der Waals surface area contributed by atoms with Crippen molar-refractivity contribution >= 4 is 33.4 Å². The van der Waals surface area contributed by atoms with Crippen molar-refractivity contribution in [3.63, 3.8) is 0 Å². The number of halogens is 2. The number of amides is 1. The van der Waals surface area contributed by atoms with Crippen LogP contribution in [0.3, 0.4) is 0 Å². The van der Waals surface area contributed by atoms with Gasteiger partial charge in [-0.05, 0) is 78.6 Å². The van der Waals surface area contributed by atoms with Gasteiger partial charge in [-0.25, -0.2) is 4.39 Å². The number of hydrogen-bond donors (Lipinski definition) is 3. The van der Waals surface area contributed by atoms with Crippen LogP contribution in [0, 0.1) is 5.82 Å². The number of carbonyl (C=O) groups excluding carboxylic acids is 1. The second kappa shape index (κ2) is 10.3. The Bertz CT molecular complexity index is 1160. The molecule has 1 aliphatic carbocycles. The number of aliphatic imine (C=N–C) groups is 1. The molecule has 7 heteroatoms. The molecule has 3 aromatic rings. The van der Waals surface area contributed by atoms with E-state index in [9.17, 15) is 14.3 Å². The number of aliphatic hydroxyl groups is 1. The largest absolute Gasteiger partial charge is 0.390 e. The van der Waals surface area contributed by atoms with Gasteiger partial charge in [0.25, 0.3) is 5.91 Å². The Kier molecular flexibility index (Phi) is 7.20. The Morgan fingerprint density at radius 2 is 1.85 bits per heavy atom. The summed E-state index contributed by atoms with van der Waals surface area (Å²) in [4.78, 5) is 17.2. The van der Waals surface area contributed by atoms with E-state index in [1.54, 1.807) is 24.3 Å². The molecule has 2 atom stereocenters. The molecule has 170 valence electrons. The lowest BCUT2D eigenvalue weighted by molar-refractivity contribution is 0.0858. The third kappa shape index (κ3) is 5.86. The molecule has 3 aromatic carbocycles. The predicted octanol–water partition coefficient (Wildman–Crippen LogP) is 5.05. The third-order valence-electron chi connectivity index (χ3n) is 5.68. The number of nitrogens with one attached hydrogen (secondary N) is 2. The van der Waals surface area contributed by atoms with Crippen LogP contribution >= 0.6 is 15.9 Å². The van der Waals surface area contributed by atoms with Gasteiger partial charge in [0.2, 0.25) is 0 Å². The highest BCUT2D eigenvalue weighted by Gasteiger charge is 2.32. The van der Waals surface area contributed by atoms with E-state index in [1.165, 1.54) is 12.1 Å². The van der Waals surface area contributed by atoms with Crippen molar-refractivity contribution in [3.05, 3.63) is 99.3 Å². The zero-order chi connectivity index (χ0) is 23.4. The molecule has 0 radical (unpaired) electrons. The van der Waals surface area contributed by atoms with E-state index >= 15 is 0 Å². The van der Waals surface area contributed by atoms with Gasteiger partial charge in [-0.15, -0.1) is 0 Å².